The summed E-state index contributed by atoms with van der Waals surface area (Å²) in [5, 5.41) is 10.1. The molecule has 1 fully saturated rings. The highest BCUT2D eigenvalue weighted by atomic mass is 79.9. The van der Waals surface area contributed by atoms with Crippen molar-refractivity contribution in [1.82, 2.24) is 40.2 Å². The van der Waals surface area contributed by atoms with Crippen molar-refractivity contribution in [3.8, 4) is 5.69 Å². The highest BCUT2D eigenvalue weighted by molar-refractivity contribution is 9.10. The van der Waals surface area contributed by atoms with E-state index in [2.05, 4.69) is 54.1 Å². The number of halogens is 1. The predicted octanol–water partition coefficient (Wildman–Crippen LogP) is 3.51. The molecular formula is C21H17BrN8. The molecule has 5 aromatic rings. The van der Waals surface area contributed by atoms with E-state index < -0.39 is 0 Å². The molecule has 9 heteroatoms. The maximum atomic E-state index is 4.82. The molecule has 4 heterocycles. The van der Waals surface area contributed by atoms with Crippen LogP contribution in [0.5, 0.6) is 0 Å². The molecule has 1 aliphatic heterocycles. The predicted molar refractivity (Wildman–Crippen MR) is 116 cm³/mol. The Balaban J connectivity index is 1.35. The molecule has 0 saturated carbocycles. The summed E-state index contributed by atoms with van der Waals surface area (Å²) in [6.07, 6.45) is 4.35. The second-order valence-electron chi connectivity index (χ2n) is 7.30. The third-order valence-corrected chi connectivity index (χ3v) is 5.88. The monoisotopic (exact) mass is 460 g/mol. The fourth-order valence-corrected chi connectivity index (χ4v) is 4.33. The number of fused-ring (bicyclic) bond motifs is 3. The van der Waals surface area contributed by atoms with E-state index in [4.69, 9.17) is 4.98 Å². The lowest BCUT2D eigenvalue weighted by atomic mass is 10.0. The largest absolute Gasteiger partial charge is 0.250 e. The van der Waals surface area contributed by atoms with Gasteiger partial charge in [0.25, 0.3) is 0 Å². The Morgan fingerprint density at radius 2 is 1.83 bits per heavy atom. The summed E-state index contributed by atoms with van der Waals surface area (Å²) in [5.41, 5.74) is 10.4. The van der Waals surface area contributed by atoms with E-state index >= 15 is 0 Å². The van der Waals surface area contributed by atoms with E-state index in [9.17, 15) is 0 Å². The molecular weight excluding hydrogens is 444 g/mol. The molecule has 0 radical (unpaired) electrons. The molecule has 0 spiro atoms. The number of nitrogens with zero attached hydrogens (tertiary/aromatic N) is 6. The molecule has 0 amide bonds. The number of rotatable bonds is 3. The summed E-state index contributed by atoms with van der Waals surface area (Å²) in [4.78, 5) is 9.40. The maximum Gasteiger partial charge on any atom is 0.170 e. The van der Waals surface area contributed by atoms with E-state index in [1.165, 1.54) is 5.56 Å². The van der Waals surface area contributed by atoms with Crippen LogP contribution >= 0.6 is 15.9 Å². The Morgan fingerprint density at radius 1 is 0.967 bits per heavy atom. The SMILES string of the molecule is Brc1cccc(C2CC(c3nc4c5cnn(-c6ccccc6)c5ncn4n3)NN2)c1. The third-order valence-electron chi connectivity index (χ3n) is 5.39. The normalized spacial score (nSPS) is 19.1. The van der Waals surface area contributed by atoms with Crippen LogP contribution in [0.25, 0.3) is 22.4 Å². The Kier molecular flexibility index (Phi) is 4.12. The molecule has 8 nitrogen and oxygen atoms in total. The first-order valence-electron chi connectivity index (χ1n) is 9.67. The van der Waals surface area contributed by atoms with Crippen molar-refractivity contribution in [3.63, 3.8) is 0 Å². The van der Waals surface area contributed by atoms with Gasteiger partial charge < -0.3 is 0 Å². The zero-order valence-corrected chi connectivity index (χ0v) is 17.4. The number of hydrogen-bond donors (Lipinski definition) is 2. The van der Waals surface area contributed by atoms with Crippen molar-refractivity contribution < 1.29 is 0 Å². The van der Waals surface area contributed by atoms with Crippen LogP contribution < -0.4 is 10.9 Å². The molecule has 1 aliphatic rings. The Bertz CT molecular complexity index is 1360. The smallest absolute Gasteiger partial charge is 0.170 e. The zero-order chi connectivity index (χ0) is 20.1. The van der Waals surface area contributed by atoms with Gasteiger partial charge in [-0.05, 0) is 36.2 Å². The average molecular weight is 461 g/mol. The van der Waals surface area contributed by atoms with Crippen LogP contribution in [0.15, 0.2) is 71.6 Å². The van der Waals surface area contributed by atoms with Gasteiger partial charge in [-0.25, -0.2) is 30.0 Å². The van der Waals surface area contributed by atoms with Gasteiger partial charge in [-0.1, -0.05) is 46.3 Å². The van der Waals surface area contributed by atoms with Crippen molar-refractivity contribution >= 4 is 32.6 Å². The number of para-hydroxylation sites is 1. The van der Waals surface area contributed by atoms with Crippen LogP contribution in [0.4, 0.5) is 0 Å². The number of nitrogens with one attached hydrogen (secondary N) is 2. The van der Waals surface area contributed by atoms with Crippen LogP contribution in [0.3, 0.4) is 0 Å². The number of hydrazine groups is 1. The number of benzene rings is 2. The zero-order valence-electron chi connectivity index (χ0n) is 15.8. The molecule has 148 valence electrons. The second kappa shape index (κ2) is 6.98. The van der Waals surface area contributed by atoms with Gasteiger partial charge in [-0.2, -0.15) is 5.10 Å². The summed E-state index contributed by atoms with van der Waals surface area (Å²) >= 11 is 3.54. The van der Waals surface area contributed by atoms with E-state index in [1.807, 2.05) is 47.1 Å². The van der Waals surface area contributed by atoms with Gasteiger partial charge in [0.2, 0.25) is 0 Å². The van der Waals surface area contributed by atoms with E-state index in [-0.39, 0.29) is 12.1 Å². The van der Waals surface area contributed by atoms with Crippen LogP contribution in [0.1, 0.15) is 29.9 Å². The minimum Gasteiger partial charge on any atom is -0.250 e. The van der Waals surface area contributed by atoms with Gasteiger partial charge in [-0.15, -0.1) is 5.10 Å². The summed E-state index contributed by atoms with van der Waals surface area (Å²) in [7, 11) is 0. The molecule has 0 aliphatic carbocycles. The lowest BCUT2D eigenvalue weighted by Gasteiger charge is -2.09. The van der Waals surface area contributed by atoms with Gasteiger partial charge >= 0.3 is 0 Å². The first kappa shape index (κ1) is 17.7. The molecule has 2 aromatic carbocycles. The molecule has 30 heavy (non-hydrogen) atoms. The lowest BCUT2D eigenvalue weighted by molar-refractivity contribution is 0.540. The minimum absolute atomic E-state index is 0.00750. The van der Waals surface area contributed by atoms with Crippen molar-refractivity contribution in [1.29, 1.82) is 0 Å². The van der Waals surface area contributed by atoms with E-state index in [0.717, 1.165) is 39.1 Å². The van der Waals surface area contributed by atoms with Crippen LogP contribution in [-0.4, -0.2) is 29.4 Å². The molecule has 3 aromatic heterocycles. The van der Waals surface area contributed by atoms with Crippen molar-refractivity contribution in [2.75, 3.05) is 0 Å². The van der Waals surface area contributed by atoms with Crippen LogP contribution in [0.2, 0.25) is 0 Å². The molecule has 0 bridgehead atoms. The lowest BCUT2D eigenvalue weighted by Crippen LogP contribution is -2.27. The van der Waals surface area contributed by atoms with Crippen LogP contribution in [0, 0.1) is 0 Å². The summed E-state index contributed by atoms with van der Waals surface area (Å²) in [5.74, 6) is 0.738. The van der Waals surface area contributed by atoms with Crippen molar-refractivity contribution in [2.45, 2.75) is 18.5 Å². The van der Waals surface area contributed by atoms with E-state index in [0.29, 0.717) is 0 Å². The van der Waals surface area contributed by atoms with Gasteiger partial charge in [-0.3, -0.25) is 0 Å². The van der Waals surface area contributed by atoms with Crippen LogP contribution in [-0.2, 0) is 0 Å². The standard InChI is InChI=1S/C21H17BrN8/c22-14-6-4-5-13(9-14)17-10-18(27-26-17)19-25-21-16-11-24-30(15-7-2-1-3-8-15)20(16)23-12-29(21)28-19/h1-9,11-12,17-18,26-27H,10H2. The number of hydrogen-bond acceptors (Lipinski definition) is 6. The molecule has 1 saturated heterocycles. The fraction of sp³-hybridized carbons (Fsp3) is 0.143. The first-order valence-corrected chi connectivity index (χ1v) is 10.5. The number of aromatic nitrogens is 6. The molecule has 2 N–H and O–H groups in total. The quantitative estimate of drug-likeness (QED) is 0.428. The summed E-state index contributed by atoms with van der Waals surface area (Å²) < 4.78 is 4.62. The topological polar surface area (TPSA) is 85.0 Å². The molecule has 2 unspecified atom stereocenters. The van der Waals surface area contributed by atoms with E-state index in [1.54, 1.807) is 17.0 Å². The second-order valence-corrected chi connectivity index (χ2v) is 8.21. The van der Waals surface area contributed by atoms with Gasteiger partial charge in [0.1, 0.15) is 6.33 Å². The summed E-state index contributed by atoms with van der Waals surface area (Å²) in [6.45, 7) is 0. The highest BCUT2D eigenvalue weighted by Crippen LogP contribution is 2.31. The summed E-state index contributed by atoms with van der Waals surface area (Å²) in [6, 6.07) is 18.5. The minimum atomic E-state index is 0.00750. The van der Waals surface area contributed by atoms with Gasteiger partial charge in [0.15, 0.2) is 17.1 Å². The molecule has 2 atom stereocenters. The average Bonchev–Trinajstić information content (AvgIpc) is 3.50. The first-order chi connectivity index (χ1) is 14.8. The Labute approximate surface area is 180 Å². The molecule has 6 rings (SSSR count). The Hall–Kier alpha value is -3.14. The maximum absolute atomic E-state index is 4.82. The fourth-order valence-electron chi connectivity index (χ4n) is 3.91. The Morgan fingerprint density at radius 3 is 2.70 bits per heavy atom. The third kappa shape index (κ3) is 2.90. The van der Waals surface area contributed by atoms with Gasteiger partial charge in [0, 0.05) is 10.5 Å². The highest BCUT2D eigenvalue weighted by Gasteiger charge is 2.29. The van der Waals surface area contributed by atoms with Gasteiger partial charge in [0.05, 0.1) is 23.3 Å². The van der Waals surface area contributed by atoms with Crippen molar-refractivity contribution in [2.24, 2.45) is 0 Å². The van der Waals surface area contributed by atoms with Crippen molar-refractivity contribution in [3.05, 3.63) is 83.0 Å².